The van der Waals surface area contributed by atoms with Gasteiger partial charge in [0.25, 0.3) is 0 Å². The van der Waals surface area contributed by atoms with E-state index in [1.807, 2.05) is 36.5 Å². The molecule has 6 nitrogen and oxygen atoms in total. The molecule has 0 radical (unpaired) electrons. The molecular formula is C27H27N2NaO4. The van der Waals surface area contributed by atoms with Gasteiger partial charge in [-0.05, 0) is 72.4 Å². The van der Waals surface area contributed by atoms with Crippen LogP contribution < -0.4 is 44.1 Å². The zero-order valence-electron chi connectivity index (χ0n) is 19.9. The Hall–Kier alpha value is -2.41. The van der Waals surface area contributed by atoms with E-state index in [-0.39, 0.29) is 41.6 Å². The topological polar surface area (TPSA) is 84.4 Å². The molecule has 170 valence electrons. The molecule has 34 heavy (non-hydrogen) atoms. The van der Waals surface area contributed by atoms with Gasteiger partial charge in [0.1, 0.15) is 11.9 Å². The molecule has 1 saturated carbocycles. The number of fused-ring (bicyclic) bond motifs is 1. The quantitative estimate of drug-likeness (QED) is 0.485. The molecule has 0 amide bonds. The molecule has 0 spiro atoms. The van der Waals surface area contributed by atoms with Gasteiger partial charge in [-0.3, -0.25) is 4.98 Å². The van der Waals surface area contributed by atoms with Crippen molar-refractivity contribution in [2.24, 2.45) is 11.8 Å². The minimum atomic E-state index is -0.987. The minimum absolute atomic E-state index is 0. The van der Waals surface area contributed by atoms with Crippen molar-refractivity contribution in [3.63, 3.8) is 0 Å². The van der Waals surface area contributed by atoms with Gasteiger partial charge in [-0.2, -0.15) is 0 Å². The number of hydrogen-bond donors (Lipinski definition) is 0. The maximum absolute atomic E-state index is 11.6. The third-order valence-electron chi connectivity index (χ3n) is 6.86. The number of carboxylic acids is 1. The Balaban J connectivity index is 0.00000274. The van der Waals surface area contributed by atoms with Crippen LogP contribution in [0.1, 0.15) is 55.0 Å². The standard InChI is InChI=1S/C27H28N2O4.Na/c1-16(27(30)31)26(18-4-5-18)20-6-3-17-8-10-23(33-24(17)13-20)22-9-7-21(15-29-22)19-11-12-28-25(14-19)32-2;/h3,6-7,9,11-16,18,23,26H,4-5,8,10H2,1-2H3,(H,30,31);/q;+1/p-1/t16-,23?,26-;/m0./s1. The van der Waals surface area contributed by atoms with Crippen LogP contribution >= 0.6 is 0 Å². The molecule has 7 heteroatoms. The molecule has 3 atom stereocenters. The number of methoxy groups -OCH3 is 1. The van der Waals surface area contributed by atoms with E-state index in [1.54, 1.807) is 20.2 Å². The second kappa shape index (κ2) is 10.5. The Bertz CT molecular complexity index is 1160. The Morgan fingerprint density at radius 1 is 1.09 bits per heavy atom. The Labute approximate surface area is 222 Å². The van der Waals surface area contributed by atoms with Crippen LogP contribution in [0.3, 0.4) is 0 Å². The number of carboxylic acid groups (broad SMARTS) is 1. The third-order valence-corrected chi connectivity index (χ3v) is 6.86. The number of rotatable bonds is 7. The molecule has 3 heterocycles. The largest absolute Gasteiger partial charge is 1.00 e. The number of aromatic nitrogens is 2. The molecule has 1 aromatic carbocycles. The van der Waals surface area contributed by atoms with Crippen LogP contribution in [0.15, 0.2) is 54.9 Å². The SMILES string of the molecule is COc1cc(-c2ccc(C3CCc4ccc([C@H](C5CC5)[C@H](C)C(=O)[O-])cc4O3)nc2)ccn1.[Na+]. The number of ether oxygens (including phenoxy) is 2. The van der Waals surface area contributed by atoms with Gasteiger partial charge in [0.15, 0.2) is 0 Å². The fourth-order valence-corrected chi connectivity index (χ4v) is 4.84. The van der Waals surface area contributed by atoms with E-state index in [0.29, 0.717) is 11.8 Å². The Morgan fingerprint density at radius 2 is 1.91 bits per heavy atom. The van der Waals surface area contributed by atoms with E-state index in [0.717, 1.165) is 59.4 Å². The summed E-state index contributed by atoms with van der Waals surface area (Å²) in [5.41, 5.74) is 5.06. The van der Waals surface area contributed by atoms with Gasteiger partial charge in [-0.25, -0.2) is 4.98 Å². The summed E-state index contributed by atoms with van der Waals surface area (Å²) in [4.78, 5) is 20.4. The van der Waals surface area contributed by atoms with E-state index >= 15 is 0 Å². The molecule has 0 bridgehead atoms. The number of hydrogen-bond acceptors (Lipinski definition) is 6. The zero-order chi connectivity index (χ0) is 22.9. The smallest absolute Gasteiger partial charge is 0.550 e. The summed E-state index contributed by atoms with van der Waals surface area (Å²) in [7, 11) is 1.60. The molecule has 0 N–H and O–H groups in total. The predicted molar refractivity (Wildman–Crippen MR) is 122 cm³/mol. The van der Waals surface area contributed by atoms with Crippen molar-refractivity contribution < 1.29 is 48.9 Å². The van der Waals surface area contributed by atoms with E-state index in [2.05, 4.69) is 22.1 Å². The first-order valence-corrected chi connectivity index (χ1v) is 11.5. The molecule has 3 aromatic rings. The number of aryl methyl sites for hydroxylation is 1. The van der Waals surface area contributed by atoms with Crippen molar-refractivity contribution in [3.8, 4) is 22.8 Å². The molecule has 0 saturated heterocycles. The van der Waals surface area contributed by atoms with Crippen LogP contribution in [0.2, 0.25) is 0 Å². The monoisotopic (exact) mass is 466 g/mol. The predicted octanol–water partition coefficient (Wildman–Crippen LogP) is 1.10. The van der Waals surface area contributed by atoms with Crippen LogP contribution in [0.25, 0.3) is 11.1 Å². The third kappa shape index (κ3) is 5.14. The molecule has 2 aliphatic rings. The van der Waals surface area contributed by atoms with Gasteiger partial charge in [0.05, 0.1) is 12.8 Å². The maximum atomic E-state index is 11.6. The van der Waals surface area contributed by atoms with Crippen LogP contribution in [0, 0.1) is 11.8 Å². The van der Waals surface area contributed by atoms with Gasteiger partial charge in [-0.15, -0.1) is 0 Å². The van der Waals surface area contributed by atoms with E-state index < -0.39 is 11.9 Å². The molecule has 1 fully saturated rings. The van der Waals surface area contributed by atoms with Crippen molar-refractivity contribution in [1.82, 2.24) is 9.97 Å². The second-order valence-corrected chi connectivity index (χ2v) is 9.04. The molecule has 1 aliphatic carbocycles. The average Bonchev–Trinajstić information content (AvgIpc) is 3.69. The number of benzene rings is 1. The van der Waals surface area contributed by atoms with Crippen molar-refractivity contribution in [2.45, 2.75) is 44.6 Å². The maximum Gasteiger partial charge on any atom is 1.00 e. The van der Waals surface area contributed by atoms with E-state index in [9.17, 15) is 9.90 Å². The van der Waals surface area contributed by atoms with Gasteiger partial charge in [0, 0.05) is 35.9 Å². The first-order valence-electron chi connectivity index (χ1n) is 11.5. The van der Waals surface area contributed by atoms with Gasteiger partial charge < -0.3 is 19.4 Å². The summed E-state index contributed by atoms with van der Waals surface area (Å²) in [6.45, 7) is 1.76. The Kier molecular flexibility index (Phi) is 7.60. The fraction of sp³-hybridized carbons (Fsp3) is 0.370. The van der Waals surface area contributed by atoms with Crippen molar-refractivity contribution in [3.05, 3.63) is 71.7 Å². The number of carbonyl (C=O) groups is 1. The molecule has 1 aliphatic heterocycles. The summed E-state index contributed by atoms with van der Waals surface area (Å²) in [6, 6.07) is 14.1. The zero-order valence-corrected chi connectivity index (χ0v) is 21.9. The summed E-state index contributed by atoms with van der Waals surface area (Å²) in [5.74, 6) is 0.285. The van der Waals surface area contributed by atoms with Crippen LogP contribution in [-0.2, 0) is 11.2 Å². The average molecular weight is 467 g/mol. The number of carbonyl (C=O) groups excluding carboxylic acids is 1. The summed E-state index contributed by atoms with van der Waals surface area (Å²) in [6.07, 6.45) is 7.33. The summed E-state index contributed by atoms with van der Waals surface area (Å²) < 4.78 is 11.6. The number of pyridine rings is 2. The van der Waals surface area contributed by atoms with Crippen LogP contribution in [0.5, 0.6) is 11.6 Å². The van der Waals surface area contributed by atoms with Crippen molar-refractivity contribution in [2.75, 3.05) is 7.11 Å². The Morgan fingerprint density at radius 3 is 2.59 bits per heavy atom. The summed E-state index contributed by atoms with van der Waals surface area (Å²) >= 11 is 0. The normalized spacial score (nSPS) is 18.6. The molecular weight excluding hydrogens is 439 g/mol. The van der Waals surface area contributed by atoms with Crippen LogP contribution in [0.4, 0.5) is 0 Å². The first kappa shape index (κ1) is 24.7. The van der Waals surface area contributed by atoms with E-state index in [1.165, 1.54) is 0 Å². The molecule has 1 unspecified atom stereocenters. The number of nitrogens with zero attached hydrogens (tertiary/aromatic N) is 2. The van der Waals surface area contributed by atoms with Crippen molar-refractivity contribution >= 4 is 5.97 Å². The molecule has 5 rings (SSSR count). The fourth-order valence-electron chi connectivity index (χ4n) is 4.84. The van der Waals surface area contributed by atoms with Gasteiger partial charge in [0.2, 0.25) is 5.88 Å². The van der Waals surface area contributed by atoms with Gasteiger partial charge >= 0.3 is 29.6 Å². The van der Waals surface area contributed by atoms with Crippen molar-refractivity contribution in [1.29, 1.82) is 0 Å². The number of aliphatic carboxylic acids is 1. The minimum Gasteiger partial charge on any atom is -0.550 e. The first-order chi connectivity index (χ1) is 16.0. The van der Waals surface area contributed by atoms with Gasteiger partial charge in [-0.1, -0.05) is 25.1 Å². The second-order valence-electron chi connectivity index (χ2n) is 9.04. The van der Waals surface area contributed by atoms with Crippen LogP contribution in [-0.4, -0.2) is 23.0 Å². The summed E-state index contributed by atoms with van der Waals surface area (Å²) in [5, 5.41) is 11.6. The van der Waals surface area contributed by atoms with E-state index in [4.69, 9.17) is 9.47 Å². The molecule has 2 aromatic heterocycles.